The Kier molecular flexibility index (Phi) is 4.35. The van der Waals surface area contributed by atoms with E-state index >= 15 is 0 Å². The largest absolute Gasteiger partial charge is 0.493 e. The van der Waals surface area contributed by atoms with Gasteiger partial charge in [-0.15, -0.1) is 0 Å². The minimum atomic E-state index is 0.134. The van der Waals surface area contributed by atoms with Crippen LogP contribution in [0.15, 0.2) is 12.1 Å². The second-order valence-electron chi connectivity index (χ2n) is 7.49. The molecule has 0 aromatic heterocycles. The van der Waals surface area contributed by atoms with Crippen LogP contribution in [0.3, 0.4) is 0 Å². The van der Waals surface area contributed by atoms with Crippen LogP contribution in [0.5, 0.6) is 11.5 Å². The summed E-state index contributed by atoms with van der Waals surface area (Å²) in [4.78, 5) is 0. The van der Waals surface area contributed by atoms with Crippen LogP contribution < -0.4 is 14.8 Å². The molecule has 1 N–H and O–H groups in total. The summed E-state index contributed by atoms with van der Waals surface area (Å²) in [5.41, 5.74) is 2.97. The van der Waals surface area contributed by atoms with E-state index in [9.17, 15) is 0 Å². The van der Waals surface area contributed by atoms with Gasteiger partial charge in [-0.25, -0.2) is 0 Å². The fraction of sp³-hybridized carbons (Fsp3) is 0.684. The quantitative estimate of drug-likeness (QED) is 0.905. The zero-order chi connectivity index (χ0) is 15.7. The van der Waals surface area contributed by atoms with Crippen molar-refractivity contribution in [3.8, 4) is 11.5 Å². The lowest BCUT2D eigenvalue weighted by Gasteiger charge is -2.43. The molecule has 1 aromatic carbocycles. The third kappa shape index (κ3) is 2.96. The van der Waals surface area contributed by atoms with Gasteiger partial charge in [-0.3, -0.25) is 0 Å². The normalized spacial score (nSPS) is 24.6. The molecule has 22 heavy (non-hydrogen) atoms. The fourth-order valence-electron chi connectivity index (χ4n) is 4.24. The molecule has 1 fully saturated rings. The van der Waals surface area contributed by atoms with E-state index in [4.69, 9.17) is 9.47 Å². The Labute approximate surface area is 134 Å². The molecule has 1 heterocycles. The maximum atomic E-state index is 5.54. The van der Waals surface area contributed by atoms with Crippen molar-refractivity contribution in [3.63, 3.8) is 0 Å². The number of rotatable bonds is 3. The van der Waals surface area contributed by atoms with Gasteiger partial charge < -0.3 is 14.8 Å². The monoisotopic (exact) mass is 303 g/mol. The van der Waals surface area contributed by atoms with Gasteiger partial charge in [-0.05, 0) is 62.3 Å². The van der Waals surface area contributed by atoms with E-state index in [0.29, 0.717) is 6.04 Å². The predicted molar refractivity (Wildman–Crippen MR) is 89.8 cm³/mol. The van der Waals surface area contributed by atoms with Gasteiger partial charge in [-0.2, -0.15) is 0 Å². The highest BCUT2D eigenvalue weighted by atomic mass is 16.5. The topological polar surface area (TPSA) is 30.5 Å². The lowest BCUT2D eigenvalue weighted by molar-refractivity contribution is 0.205. The van der Waals surface area contributed by atoms with Crippen LogP contribution in [0.2, 0.25) is 0 Å². The molecule has 3 heteroatoms. The number of ether oxygens (including phenoxy) is 2. The van der Waals surface area contributed by atoms with Crippen molar-refractivity contribution in [1.82, 2.24) is 5.32 Å². The van der Waals surface area contributed by atoms with Crippen LogP contribution in [0, 0.1) is 5.92 Å². The molecule has 122 valence electrons. The van der Waals surface area contributed by atoms with E-state index in [2.05, 4.69) is 31.3 Å². The van der Waals surface area contributed by atoms with Gasteiger partial charge in [-0.1, -0.05) is 19.3 Å². The summed E-state index contributed by atoms with van der Waals surface area (Å²) >= 11 is 0. The number of hydrogen-bond acceptors (Lipinski definition) is 3. The number of benzene rings is 1. The number of hydrogen-bond donors (Lipinski definition) is 1. The van der Waals surface area contributed by atoms with Crippen molar-refractivity contribution in [2.75, 3.05) is 14.2 Å². The molecule has 1 aliphatic carbocycles. The first kappa shape index (κ1) is 15.7. The van der Waals surface area contributed by atoms with E-state index < -0.39 is 0 Å². The molecule has 1 aromatic rings. The lowest BCUT2D eigenvalue weighted by Crippen LogP contribution is -2.49. The van der Waals surface area contributed by atoms with E-state index in [-0.39, 0.29) is 5.54 Å². The molecule has 0 spiro atoms. The van der Waals surface area contributed by atoms with Gasteiger partial charge in [0.25, 0.3) is 0 Å². The van der Waals surface area contributed by atoms with E-state index in [1.807, 2.05) is 0 Å². The Morgan fingerprint density at radius 3 is 2.27 bits per heavy atom. The summed E-state index contributed by atoms with van der Waals surface area (Å²) in [7, 11) is 3.44. The van der Waals surface area contributed by atoms with Gasteiger partial charge in [0.15, 0.2) is 11.5 Å². The second kappa shape index (κ2) is 6.11. The molecule has 1 saturated carbocycles. The summed E-state index contributed by atoms with van der Waals surface area (Å²) in [6, 6.07) is 4.83. The summed E-state index contributed by atoms with van der Waals surface area (Å²) < 4.78 is 11.0. The molecule has 0 unspecified atom stereocenters. The predicted octanol–water partition coefficient (Wildman–Crippen LogP) is 4.25. The second-order valence-corrected chi connectivity index (χ2v) is 7.49. The van der Waals surface area contributed by atoms with E-state index in [1.54, 1.807) is 14.2 Å². The highest BCUT2D eigenvalue weighted by Crippen LogP contribution is 2.44. The van der Waals surface area contributed by atoms with Gasteiger partial charge in [0.2, 0.25) is 0 Å². The number of nitrogens with one attached hydrogen (secondary N) is 1. The van der Waals surface area contributed by atoms with Crippen molar-refractivity contribution >= 4 is 0 Å². The van der Waals surface area contributed by atoms with E-state index in [0.717, 1.165) is 23.8 Å². The average Bonchev–Trinajstić information content (AvgIpc) is 2.53. The summed E-state index contributed by atoms with van der Waals surface area (Å²) in [6.45, 7) is 4.62. The van der Waals surface area contributed by atoms with Gasteiger partial charge >= 0.3 is 0 Å². The molecule has 3 nitrogen and oxygen atoms in total. The van der Waals surface area contributed by atoms with Gasteiger partial charge in [0, 0.05) is 11.6 Å². The van der Waals surface area contributed by atoms with E-state index in [1.165, 1.54) is 43.2 Å². The first-order chi connectivity index (χ1) is 10.5. The lowest BCUT2D eigenvalue weighted by atomic mass is 9.74. The molecule has 0 amide bonds. The molecule has 0 bridgehead atoms. The molecule has 3 rings (SSSR count). The number of fused-ring (bicyclic) bond motifs is 1. The van der Waals surface area contributed by atoms with Gasteiger partial charge in [0.1, 0.15) is 0 Å². The Bertz CT molecular complexity index is 532. The molecule has 0 saturated heterocycles. The maximum absolute atomic E-state index is 5.54. The van der Waals surface area contributed by atoms with Crippen LogP contribution in [0.1, 0.15) is 63.1 Å². The highest BCUT2D eigenvalue weighted by Gasteiger charge is 2.36. The Balaban J connectivity index is 2.02. The summed E-state index contributed by atoms with van der Waals surface area (Å²) in [5, 5.41) is 3.91. The van der Waals surface area contributed by atoms with Crippen molar-refractivity contribution in [3.05, 3.63) is 23.3 Å². The zero-order valence-corrected chi connectivity index (χ0v) is 14.4. The molecular formula is C19H29NO2. The van der Waals surface area contributed by atoms with Crippen molar-refractivity contribution in [1.29, 1.82) is 0 Å². The SMILES string of the molecule is COc1cc2c(cc1OC)[C@@H](C1CCCCC1)NC(C)(C)C2. The van der Waals surface area contributed by atoms with Crippen LogP contribution in [-0.4, -0.2) is 19.8 Å². The molecule has 1 atom stereocenters. The first-order valence-corrected chi connectivity index (χ1v) is 8.56. The molecule has 0 radical (unpaired) electrons. The molecule has 1 aliphatic heterocycles. The minimum Gasteiger partial charge on any atom is -0.493 e. The Hall–Kier alpha value is -1.22. The smallest absolute Gasteiger partial charge is 0.161 e. The third-order valence-corrected chi connectivity index (χ3v) is 5.28. The van der Waals surface area contributed by atoms with Crippen molar-refractivity contribution in [2.45, 2.75) is 64.0 Å². The third-order valence-electron chi connectivity index (χ3n) is 5.28. The Morgan fingerprint density at radius 2 is 1.64 bits per heavy atom. The van der Waals surface area contributed by atoms with Crippen LogP contribution in [-0.2, 0) is 6.42 Å². The fourth-order valence-corrected chi connectivity index (χ4v) is 4.24. The first-order valence-electron chi connectivity index (χ1n) is 8.56. The van der Waals surface area contributed by atoms with Crippen molar-refractivity contribution in [2.24, 2.45) is 5.92 Å². The highest BCUT2D eigenvalue weighted by molar-refractivity contribution is 5.50. The average molecular weight is 303 g/mol. The van der Waals surface area contributed by atoms with Crippen molar-refractivity contribution < 1.29 is 9.47 Å². The van der Waals surface area contributed by atoms with Crippen LogP contribution in [0.25, 0.3) is 0 Å². The Morgan fingerprint density at radius 1 is 1.00 bits per heavy atom. The summed E-state index contributed by atoms with van der Waals surface area (Å²) in [6.07, 6.45) is 7.83. The van der Waals surface area contributed by atoms with Crippen LogP contribution in [0.4, 0.5) is 0 Å². The zero-order valence-electron chi connectivity index (χ0n) is 14.4. The van der Waals surface area contributed by atoms with Gasteiger partial charge in [0.05, 0.1) is 14.2 Å². The van der Waals surface area contributed by atoms with Crippen LogP contribution >= 0.6 is 0 Å². The molecule has 2 aliphatic rings. The molecular weight excluding hydrogens is 274 g/mol. The standard InChI is InChI=1S/C19H29NO2/c1-19(2)12-14-10-16(21-3)17(22-4)11-15(14)18(20-19)13-8-6-5-7-9-13/h10-11,13,18,20H,5-9,12H2,1-4H3/t18-/m1/s1. The maximum Gasteiger partial charge on any atom is 0.161 e. The number of methoxy groups -OCH3 is 2. The minimum absolute atomic E-state index is 0.134. The summed E-state index contributed by atoms with van der Waals surface area (Å²) in [5.74, 6) is 2.44.